The van der Waals surface area contributed by atoms with Crippen molar-refractivity contribution in [2.24, 2.45) is 59.2 Å². The van der Waals surface area contributed by atoms with Gasteiger partial charge in [0, 0.05) is 11.4 Å². The van der Waals surface area contributed by atoms with Gasteiger partial charge in [0.1, 0.15) is 29.6 Å². The van der Waals surface area contributed by atoms with Crippen LogP contribution < -0.4 is 18.9 Å². The lowest BCUT2D eigenvalue weighted by molar-refractivity contribution is 0.261. The van der Waals surface area contributed by atoms with Gasteiger partial charge in [-0.3, -0.25) is 0 Å². The van der Waals surface area contributed by atoms with Crippen molar-refractivity contribution in [2.75, 3.05) is 53.8 Å². The van der Waals surface area contributed by atoms with Crippen LogP contribution in [0.1, 0.15) is 317 Å². The van der Waals surface area contributed by atoms with Crippen molar-refractivity contribution in [1.29, 1.82) is 0 Å². The molecule has 0 atom stereocenters. The molecule has 0 saturated heterocycles. The van der Waals surface area contributed by atoms with Gasteiger partial charge in [0.2, 0.25) is 0 Å². The highest BCUT2D eigenvalue weighted by atomic mass is 32.2. The molecular formula is C127H197NO4S. The van der Waals surface area contributed by atoms with Gasteiger partial charge in [-0.15, -0.1) is 11.8 Å². The number of aryl methyl sites for hydroxylation is 10. The maximum absolute atomic E-state index is 5.67. The SMILES string of the molecule is C.CC(C)CCCCc1ccccc1.CC(C)CCCc1ccc(OCCN(C)C)cc1.CC(C)CCCc1ccccc1.CC(C)CCOc1ccccc1.CC(C)CCSc1ccccc1.CC(C)CCc1ccccc1.COc1ccc(CCCC(C)C)cc1.COc1cccc(CCCC(C)C)c1.Cc1ccc(CCCC(C)C)cc1.Cc1ccc(CCCC(C)C)cc1. The zero-order valence-electron chi connectivity index (χ0n) is 89.0. The molecule has 0 amide bonds. The number of ether oxygens (including phenoxy) is 4. The van der Waals surface area contributed by atoms with Gasteiger partial charge in [0.15, 0.2) is 0 Å². The molecule has 0 bridgehead atoms. The summed E-state index contributed by atoms with van der Waals surface area (Å²) in [6.45, 7) is 52.2. The van der Waals surface area contributed by atoms with E-state index in [1.807, 2.05) is 60.3 Å². The Kier molecular flexibility index (Phi) is 77.9. The summed E-state index contributed by atoms with van der Waals surface area (Å²) in [5.74, 6) is 13.2. The molecule has 0 spiro atoms. The van der Waals surface area contributed by atoms with Crippen LogP contribution in [0.15, 0.2) is 278 Å². The Morgan fingerprint density at radius 2 is 0.496 bits per heavy atom. The van der Waals surface area contributed by atoms with Gasteiger partial charge in [0.05, 0.1) is 20.8 Å². The first-order chi connectivity index (χ1) is 63.3. The second-order valence-corrected chi connectivity index (χ2v) is 41.6. The third-order valence-electron chi connectivity index (χ3n) is 22.2. The van der Waals surface area contributed by atoms with Crippen molar-refractivity contribution in [3.63, 3.8) is 0 Å². The largest absolute Gasteiger partial charge is 0.497 e. The van der Waals surface area contributed by atoms with Crippen molar-refractivity contribution in [3.8, 4) is 23.0 Å². The van der Waals surface area contributed by atoms with Crippen LogP contribution in [0.4, 0.5) is 0 Å². The molecule has 0 N–H and O–H groups in total. The summed E-state index contributed by atoms with van der Waals surface area (Å²) in [5, 5.41) is 0. The van der Waals surface area contributed by atoms with Crippen LogP contribution in [0.25, 0.3) is 0 Å². The van der Waals surface area contributed by atoms with Crippen LogP contribution in [0.2, 0.25) is 0 Å². The van der Waals surface area contributed by atoms with E-state index in [1.54, 1.807) is 14.2 Å². The molecule has 0 aliphatic rings. The molecule has 0 radical (unpaired) electrons. The third kappa shape index (κ3) is 79.6. The quantitative estimate of drug-likeness (QED) is 0.0280. The fourth-order valence-electron chi connectivity index (χ4n) is 13.6. The molecular weight excluding hydrogens is 1640 g/mol. The molecule has 0 saturated carbocycles. The minimum Gasteiger partial charge on any atom is -0.497 e. The Hall–Kier alpha value is -8.29. The molecule has 10 rings (SSSR count). The molecule has 10 aromatic rings. The van der Waals surface area contributed by atoms with E-state index in [2.05, 4.69) is 396 Å². The first kappa shape index (κ1) is 125. The Bertz CT molecular complexity index is 3890. The fourth-order valence-corrected chi connectivity index (χ4v) is 14.8. The van der Waals surface area contributed by atoms with Crippen LogP contribution in [-0.2, 0) is 51.4 Å². The van der Waals surface area contributed by atoms with E-state index in [0.29, 0.717) is 5.92 Å². The predicted molar refractivity (Wildman–Crippen MR) is 595 cm³/mol. The summed E-state index contributed by atoms with van der Waals surface area (Å²) in [7, 11) is 7.53. The van der Waals surface area contributed by atoms with Gasteiger partial charge >= 0.3 is 0 Å². The Morgan fingerprint density at radius 3 is 0.835 bits per heavy atom. The number of benzene rings is 10. The molecule has 0 aliphatic carbocycles. The van der Waals surface area contributed by atoms with E-state index in [4.69, 9.17) is 18.9 Å². The second-order valence-electron chi connectivity index (χ2n) is 40.4. The lowest BCUT2D eigenvalue weighted by Gasteiger charge is -2.11. The molecule has 6 heteroatoms. The molecule has 0 fully saturated rings. The van der Waals surface area contributed by atoms with Gasteiger partial charge in [-0.2, -0.15) is 0 Å². The number of methoxy groups -OCH3 is 2. The van der Waals surface area contributed by atoms with Gasteiger partial charge in [-0.1, -0.05) is 421 Å². The van der Waals surface area contributed by atoms with Gasteiger partial charge in [0.25, 0.3) is 0 Å². The lowest BCUT2D eigenvalue weighted by atomic mass is 10.0. The van der Waals surface area contributed by atoms with Crippen LogP contribution >= 0.6 is 11.8 Å². The van der Waals surface area contributed by atoms with Gasteiger partial charge in [-0.25, -0.2) is 0 Å². The van der Waals surface area contributed by atoms with Crippen molar-refractivity contribution in [1.82, 2.24) is 4.90 Å². The van der Waals surface area contributed by atoms with Crippen LogP contribution in [-0.4, -0.2) is 58.7 Å². The minimum absolute atomic E-state index is 0. The molecule has 5 nitrogen and oxygen atoms in total. The molecule has 10 aromatic carbocycles. The van der Waals surface area contributed by atoms with Crippen LogP contribution in [0.5, 0.6) is 23.0 Å². The summed E-state index contributed by atoms with van der Waals surface area (Å²) in [5.41, 5.74) is 14.3. The summed E-state index contributed by atoms with van der Waals surface area (Å²) in [6, 6.07) is 95.7. The second kappa shape index (κ2) is 83.1. The lowest BCUT2D eigenvalue weighted by Crippen LogP contribution is -2.19. The molecule has 133 heavy (non-hydrogen) atoms. The minimum atomic E-state index is 0. The van der Waals surface area contributed by atoms with Gasteiger partial charge < -0.3 is 23.8 Å². The van der Waals surface area contributed by atoms with E-state index in [9.17, 15) is 0 Å². The first-order valence-corrected chi connectivity index (χ1v) is 52.5. The maximum atomic E-state index is 5.67. The first-order valence-electron chi connectivity index (χ1n) is 51.5. The number of likely N-dealkylation sites (N-methyl/N-ethyl adjacent to an activating group) is 1. The normalized spacial score (nSPS) is 10.6. The molecule has 0 heterocycles. The highest BCUT2D eigenvalue weighted by molar-refractivity contribution is 7.99. The van der Waals surface area contributed by atoms with Crippen molar-refractivity contribution in [3.05, 3.63) is 329 Å². The van der Waals surface area contributed by atoms with E-state index in [-0.39, 0.29) is 7.43 Å². The third-order valence-corrected chi connectivity index (χ3v) is 23.2. The average Bonchev–Trinajstić information content (AvgIpc) is 0.921. The predicted octanol–water partition coefficient (Wildman–Crippen LogP) is 37.5. The molecule has 740 valence electrons. The standard InChI is InChI=1S/C16H27NO.2C13H20O.3C13H20.C12H18.C11H16O.C11H16S.C11H16.CH4/c1-14(2)6-5-7-15-8-10-16(11-9-15)18-13-12-17(3)4;1-11(2)6-4-7-12-8-5-9-13(10-12)14-3;1-11(2)5-4-6-12-7-9-13(14-3)10-8-12;2*1-11(2)5-4-6-13-9-7-12(3)8-10-13;1-12(2)8-6-7-11-13-9-4-3-5-10-13;1-11(2)7-6-10-12-8-4-3-5-9-12;2*1-10(2)8-9-12-11-6-4-3-5-7-11;1-10(2)8-9-11-6-4-3-5-7-11;/h8-11,14H,5-7,12-13H2,1-4H3;5,8-11H,4,6-7H2,1-3H3;7-11H,4-6H2,1-3H3;2*7-11H,4-6H2,1-3H3;3-5,9-10,12H,6-8,11H2,1-2H3;3-5,8-9,11H,6-7,10H2,1-2H3;2*3-7,10H,8-9H2,1-2H3;3-7,10H,8-9H2,1-2H3;1H4. The van der Waals surface area contributed by atoms with E-state index < -0.39 is 0 Å². The topological polar surface area (TPSA) is 40.2 Å². The highest BCUT2D eigenvalue weighted by Gasteiger charge is 2.06. The van der Waals surface area contributed by atoms with Gasteiger partial charge in [-0.05, 0) is 314 Å². The zero-order chi connectivity index (χ0) is 97.6. The summed E-state index contributed by atoms with van der Waals surface area (Å²) < 4.78 is 21.5. The van der Waals surface area contributed by atoms with Crippen molar-refractivity contribution >= 4 is 11.8 Å². The monoisotopic (exact) mass is 1830 g/mol. The number of rotatable bonds is 46. The van der Waals surface area contributed by atoms with E-state index >= 15 is 0 Å². The average molecular weight is 1830 g/mol. The number of nitrogens with zero attached hydrogens (tertiary/aromatic N) is 1. The summed E-state index contributed by atoms with van der Waals surface area (Å²) in [4.78, 5) is 3.51. The molecule has 0 aliphatic heterocycles. The number of thioether (sulfide) groups is 1. The number of para-hydroxylation sites is 1. The van der Waals surface area contributed by atoms with E-state index in [0.717, 1.165) is 109 Å². The van der Waals surface area contributed by atoms with Crippen molar-refractivity contribution in [2.45, 2.75) is 332 Å². The number of hydrogen-bond acceptors (Lipinski definition) is 6. The van der Waals surface area contributed by atoms with Crippen LogP contribution in [0.3, 0.4) is 0 Å². The maximum Gasteiger partial charge on any atom is 0.119 e. The molecule has 0 aromatic heterocycles. The highest BCUT2D eigenvalue weighted by Crippen LogP contribution is 2.23. The zero-order valence-corrected chi connectivity index (χ0v) is 89.8. The Morgan fingerprint density at radius 1 is 0.233 bits per heavy atom. The Balaban J connectivity index is 0.00000146. The molecule has 0 unspecified atom stereocenters. The summed E-state index contributed by atoms with van der Waals surface area (Å²) >= 11 is 1.95. The van der Waals surface area contributed by atoms with Crippen molar-refractivity contribution < 1.29 is 18.9 Å². The fraction of sp³-hybridized carbons (Fsp3) is 0.528. The van der Waals surface area contributed by atoms with E-state index in [1.165, 1.54) is 220 Å². The number of unbranched alkanes of at least 4 members (excludes halogenated alkanes) is 1. The summed E-state index contributed by atoms with van der Waals surface area (Å²) in [6.07, 6.45) is 33.2. The Labute approximate surface area is 826 Å². The number of hydrogen-bond donors (Lipinski definition) is 0. The van der Waals surface area contributed by atoms with Crippen LogP contribution in [0, 0.1) is 73.0 Å². The smallest absolute Gasteiger partial charge is 0.119 e.